The fourth-order valence-corrected chi connectivity index (χ4v) is 2.66. The number of aromatic hydroxyl groups is 1. The summed E-state index contributed by atoms with van der Waals surface area (Å²) < 4.78 is 10.9. The van der Waals surface area contributed by atoms with E-state index in [0.29, 0.717) is 12.8 Å². The highest BCUT2D eigenvalue weighted by molar-refractivity contribution is 7.51. The zero-order valence-corrected chi connectivity index (χ0v) is 11.0. The molecule has 0 saturated carbocycles. The summed E-state index contributed by atoms with van der Waals surface area (Å²) in [5, 5.41) is 9.81. The van der Waals surface area contributed by atoms with Crippen LogP contribution in [0.2, 0.25) is 0 Å². The molecule has 3 N–H and O–H groups in total. The maximum absolute atomic E-state index is 10.9. The van der Waals surface area contributed by atoms with E-state index in [1.807, 2.05) is 19.9 Å². The Kier molecular flexibility index (Phi) is 4.36. The highest BCUT2D eigenvalue weighted by atomic mass is 31.2. The maximum atomic E-state index is 10.9. The van der Waals surface area contributed by atoms with Gasteiger partial charge in [-0.1, -0.05) is 32.0 Å². The fraction of sp³-hybridized carbons (Fsp3) is 0.500. The molecule has 0 saturated heterocycles. The summed E-state index contributed by atoms with van der Waals surface area (Å²) in [6, 6.07) is 6.96. The molecule has 0 aliphatic carbocycles. The van der Waals surface area contributed by atoms with E-state index in [2.05, 4.69) is 0 Å². The van der Waals surface area contributed by atoms with Crippen molar-refractivity contribution in [3.8, 4) is 5.75 Å². The quantitative estimate of drug-likeness (QED) is 0.709. The van der Waals surface area contributed by atoms with Crippen molar-refractivity contribution in [1.29, 1.82) is 0 Å². The van der Waals surface area contributed by atoms with Crippen LogP contribution in [0.3, 0.4) is 0 Å². The smallest absolute Gasteiger partial charge is 0.325 e. The topological polar surface area (TPSA) is 77.8 Å². The van der Waals surface area contributed by atoms with Gasteiger partial charge in [-0.05, 0) is 29.9 Å². The molecule has 0 bridgehead atoms. The summed E-state index contributed by atoms with van der Waals surface area (Å²) in [6.07, 6.45) is 0.904. The van der Waals surface area contributed by atoms with Crippen LogP contribution >= 0.6 is 7.60 Å². The molecule has 0 spiro atoms. The lowest BCUT2D eigenvalue weighted by Gasteiger charge is -2.29. The second kappa shape index (κ2) is 5.21. The van der Waals surface area contributed by atoms with E-state index in [-0.39, 0.29) is 11.9 Å². The SMILES string of the molecule is CCC(C)(CCP(=O)(O)O)c1ccccc1O. The highest BCUT2D eigenvalue weighted by Crippen LogP contribution is 2.43. The molecule has 0 radical (unpaired) electrons. The van der Waals surface area contributed by atoms with Crippen molar-refractivity contribution in [1.82, 2.24) is 0 Å². The van der Waals surface area contributed by atoms with E-state index < -0.39 is 13.0 Å². The number of para-hydroxylation sites is 1. The van der Waals surface area contributed by atoms with E-state index in [1.54, 1.807) is 18.2 Å². The monoisotopic (exact) mass is 258 g/mol. The molecule has 0 fully saturated rings. The average Bonchev–Trinajstić information content (AvgIpc) is 2.26. The first kappa shape index (κ1) is 14.2. The Morgan fingerprint density at radius 3 is 2.35 bits per heavy atom. The molecule has 5 heteroatoms. The van der Waals surface area contributed by atoms with Crippen molar-refractivity contribution < 1.29 is 19.5 Å². The van der Waals surface area contributed by atoms with Gasteiger partial charge in [0.1, 0.15) is 5.75 Å². The predicted molar refractivity (Wildman–Crippen MR) is 67.3 cm³/mol. The fourth-order valence-electron chi connectivity index (χ4n) is 1.88. The van der Waals surface area contributed by atoms with Crippen LogP contribution in [-0.4, -0.2) is 21.1 Å². The lowest BCUT2D eigenvalue weighted by atomic mass is 9.77. The Bertz CT molecular complexity index is 426. The molecule has 1 aromatic rings. The van der Waals surface area contributed by atoms with Gasteiger partial charge in [0, 0.05) is 0 Å². The summed E-state index contributed by atoms with van der Waals surface area (Å²) >= 11 is 0. The van der Waals surface area contributed by atoms with E-state index in [4.69, 9.17) is 9.79 Å². The van der Waals surface area contributed by atoms with Gasteiger partial charge in [0.2, 0.25) is 0 Å². The van der Waals surface area contributed by atoms with E-state index in [1.165, 1.54) is 0 Å². The Balaban J connectivity index is 2.96. The van der Waals surface area contributed by atoms with Crippen molar-refractivity contribution >= 4 is 7.60 Å². The van der Waals surface area contributed by atoms with Crippen molar-refractivity contribution in [2.75, 3.05) is 6.16 Å². The third-order valence-corrected chi connectivity index (χ3v) is 4.10. The second-order valence-electron chi connectivity index (χ2n) is 4.57. The molecule has 4 nitrogen and oxygen atoms in total. The van der Waals surface area contributed by atoms with E-state index in [9.17, 15) is 9.67 Å². The third kappa shape index (κ3) is 3.84. The molecule has 0 heterocycles. The van der Waals surface area contributed by atoms with Crippen molar-refractivity contribution in [3.05, 3.63) is 29.8 Å². The summed E-state index contributed by atoms with van der Waals surface area (Å²) in [4.78, 5) is 17.9. The van der Waals surface area contributed by atoms with Crippen molar-refractivity contribution in [3.63, 3.8) is 0 Å². The van der Waals surface area contributed by atoms with Gasteiger partial charge in [-0.2, -0.15) is 0 Å². The van der Waals surface area contributed by atoms with E-state index >= 15 is 0 Å². The summed E-state index contributed by atoms with van der Waals surface area (Å²) in [5.74, 6) is 0.183. The number of benzene rings is 1. The number of rotatable bonds is 5. The Labute approximate surface area is 101 Å². The maximum Gasteiger partial charge on any atom is 0.325 e. The minimum absolute atomic E-state index is 0.161. The number of phenolic OH excluding ortho intramolecular Hbond substituents is 1. The highest BCUT2D eigenvalue weighted by Gasteiger charge is 2.29. The third-order valence-electron chi connectivity index (χ3n) is 3.29. The number of hydrogen-bond acceptors (Lipinski definition) is 2. The minimum atomic E-state index is -3.99. The first-order valence-electron chi connectivity index (χ1n) is 5.61. The van der Waals surface area contributed by atoms with Crippen LogP contribution < -0.4 is 0 Å². The first-order valence-corrected chi connectivity index (χ1v) is 7.41. The van der Waals surface area contributed by atoms with Gasteiger partial charge < -0.3 is 14.9 Å². The molecule has 1 atom stereocenters. The van der Waals surface area contributed by atoms with Crippen LogP contribution in [0.4, 0.5) is 0 Å². The molecule has 0 amide bonds. The largest absolute Gasteiger partial charge is 0.508 e. The lowest BCUT2D eigenvalue weighted by molar-refractivity contribution is 0.351. The molecule has 0 aliphatic rings. The summed E-state index contributed by atoms with van der Waals surface area (Å²) in [6.45, 7) is 3.86. The summed E-state index contributed by atoms with van der Waals surface area (Å²) in [7, 11) is -3.99. The molecule has 1 unspecified atom stereocenters. The van der Waals surface area contributed by atoms with Gasteiger partial charge in [-0.3, -0.25) is 4.57 Å². The molecule has 17 heavy (non-hydrogen) atoms. The Morgan fingerprint density at radius 1 is 1.29 bits per heavy atom. The summed E-state index contributed by atoms with van der Waals surface area (Å²) in [5.41, 5.74) is 0.336. The Hall–Kier alpha value is -0.830. The molecular formula is C12H19O4P. The van der Waals surface area contributed by atoms with Crippen LogP contribution in [0, 0.1) is 0 Å². The van der Waals surface area contributed by atoms with Crippen LogP contribution in [0.15, 0.2) is 24.3 Å². The van der Waals surface area contributed by atoms with Gasteiger partial charge >= 0.3 is 7.60 Å². The van der Waals surface area contributed by atoms with Gasteiger partial charge in [-0.15, -0.1) is 0 Å². The van der Waals surface area contributed by atoms with Gasteiger partial charge in [0.25, 0.3) is 0 Å². The molecular weight excluding hydrogens is 239 g/mol. The standard InChI is InChI=1S/C12H19O4P/c1-3-12(2,8-9-17(14,15)16)10-6-4-5-7-11(10)13/h4-7,13H,3,8-9H2,1-2H3,(H2,14,15,16). The van der Waals surface area contributed by atoms with Crippen LogP contribution in [0.1, 0.15) is 32.3 Å². The van der Waals surface area contributed by atoms with Gasteiger partial charge in [-0.25, -0.2) is 0 Å². The minimum Gasteiger partial charge on any atom is -0.508 e. The van der Waals surface area contributed by atoms with E-state index in [0.717, 1.165) is 5.56 Å². The average molecular weight is 258 g/mol. The van der Waals surface area contributed by atoms with Gasteiger partial charge in [0.15, 0.2) is 0 Å². The second-order valence-corrected chi connectivity index (χ2v) is 6.35. The van der Waals surface area contributed by atoms with Crippen molar-refractivity contribution in [2.24, 2.45) is 0 Å². The molecule has 1 aromatic carbocycles. The van der Waals surface area contributed by atoms with Gasteiger partial charge in [0.05, 0.1) is 6.16 Å². The normalized spacial score (nSPS) is 15.5. The first-order chi connectivity index (χ1) is 7.78. The zero-order chi connectivity index (χ0) is 13.1. The lowest BCUT2D eigenvalue weighted by Crippen LogP contribution is -2.22. The number of phenols is 1. The van der Waals surface area contributed by atoms with Crippen LogP contribution in [0.5, 0.6) is 5.75 Å². The zero-order valence-electron chi connectivity index (χ0n) is 10.1. The molecule has 96 valence electrons. The van der Waals surface area contributed by atoms with Crippen molar-refractivity contribution in [2.45, 2.75) is 32.1 Å². The van der Waals surface area contributed by atoms with Crippen LogP contribution in [-0.2, 0) is 9.98 Å². The molecule has 0 aliphatic heterocycles. The molecule has 0 aromatic heterocycles. The Morgan fingerprint density at radius 2 is 1.88 bits per heavy atom. The molecule has 1 rings (SSSR count). The van der Waals surface area contributed by atoms with Crippen LogP contribution in [0.25, 0.3) is 0 Å². The number of hydrogen-bond donors (Lipinski definition) is 3. The predicted octanol–water partition coefficient (Wildman–Crippen LogP) is 2.63.